The summed E-state index contributed by atoms with van der Waals surface area (Å²) in [5.74, 6) is -0.0412. The van der Waals surface area contributed by atoms with Gasteiger partial charge in [0.15, 0.2) is 0 Å². The fraction of sp³-hybridized carbons (Fsp3) is 0.444. The number of likely N-dealkylation sites (N-methyl/N-ethyl adjacent to an activating group) is 1. The molecule has 1 atom stereocenters. The number of aromatic nitrogens is 2. The molecular formula is C18H23N3O4. The highest BCUT2D eigenvalue weighted by atomic mass is 16.5. The zero-order valence-corrected chi connectivity index (χ0v) is 14.9. The number of benzene rings is 1. The molecule has 2 aromatic rings. The number of nitrogens with zero attached hydrogens (tertiary/aromatic N) is 3. The van der Waals surface area contributed by atoms with Crippen molar-refractivity contribution in [2.75, 3.05) is 7.05 Å². The number of aliphatic carboxylic acids is 1. The van der Waals surface area contributed by atoms with Gasteiger partial charge in [-0.05, 0) is 18.4 Å². The van der Waals surface area contributed by atoms with Crippen LogP contribution in [-0.2, 0) is 16.0 Å². The number of rotatable bonds is 7. The maximum absolute atomic E-state index is 12.0. The van der Waals surface area contributed by atoms with Gasteiger partial charge in [-0.25, -0.2) is 4.79 Å². The molecule has 1 N–H and O–H groups in total. The highest BCUT2D eigenvalue weighted by Crippen LogP contribution is 2.20. The number of hydrogen-bond acceptors (Lipinski definition) is 5. The van der Waals surface area contributed by atoms with Crippen LogP contribution in [-0.4, -0.2) is 45.1 Å². The molecule has 7 heteroatoms. The SMILES string of the molecule is CC(C)c1ccc(-c2noc(CCC(=O)N(C)C(C)C(=O)O)n2)cc1. The summed E-state index contributed by atoms with van der Waals surface area (Å²) in [5.41, 5.74) is 2.08. The summed E-state index contributed by atoms with van der Waals surface area (Å²) in [4.78, 5) is 28.4. The van der Waals surface area contributed by atoms with Gasteiger partial charge >= 0.3 is 5.97 Å². The van der Waals surface area contributed by atoms with Gasteiger partial charge in [0.25, 0.3) is 0 Å². The summed E-state index contributed by atoms with van der Waals surface area (Å²) in [6.45, 7) is 5.72. The first-order valence-corrected chi connectivity index (χ1v) is 8.21. The first kappa shape index (κ1) is 18.6. The second kappa shape index (κ2) is 7.92. The lowest BCUT2D eigenvalue weighted by molar-refractivity contribution is -0.148. The van der Waals surface area contributed by atoms with E-state index in [0.717, 1.165) is 5.56 Å². The first-order valence-electron chi connectivity index (χ1n) is 8.21. The Hall–Kier alpha value is -2.70. The fourth-order valence-electron chi connectivity index (χ4n) is 2.26. The minimum atomic E-state index is -1.04. The normalized spacial score (nSPS) is 12.2. The van der Waals surface area contributed by atoms with E-state index in [0.29, 0.717) is 17.6 Å². The molecule has 0 aliphatic rings. The molecule has 25 heavy (non-hydrogen) atoms. The van der Waals surface area contributed by atoms with Crippen molar-refractivity contribution in [3.8, 4) is 11.4 Å². The van der Waals surface area contributed by atoms with Crippen molar-refractivity contribution < 1.29 is 19.2 Å². The third kappa shape index (κ3) is 4.65. The van der Waals surface area contributed by atoms with Gasteiger partial charge in [-0.1, -0.05) is 43.3 Å². The molecular weight excluding hydrogens is 322 g/mol. The lowest BCUT2D eigenvalue weighted by Crippen LogP contribution is -2.40. The average molecular weight is 345 g/mol. The Kier molecular flexibility index (Phi) is 5.90. The van der Waals surface area contributed by atoms with Gasteiger partial charge in [-0.15, -0.1) is 0 Å². The van der Waals surface area contributed by atoms with E-state index in [-0.39, 0.29) is 18.7 Å². The molecule has 1 aromatic heterocycles. The van der Waals surface area contributed by atoms with E-state index in [1.807, 2.05) is 24.3 Å². The number of hydrogen-bond donors (Lipinski definition) is 1. The van der Waals surface area contributed by atoms with E-state index in [4.69, 9.17) is 9.63 Å². The minimum Gasteiger partial charge on any atom is -0.480 e. The molecule has 1 heterocycles. The molecule has 1 unspecified atom stereocenters. The lowest BCUT2D eigenvalue weighted by atomic mass is 10.0. The molecule has 1 amide bonds. The Labute approximate surface area is 146 Å². The number of amides is 1. The van der Waals surface area contributed by atoms with E-state index < -0.39 is 12.0 Å². The van der Waals surface area contributed by atoms with Gasteiger partial charge in [0.2, 0.25) is 17.6 Å². The van der Waals surface area contributed by atoms with Crippen LogP contribution in [0.1, 0.15) is 44.6 Å². The standard InChI is InChI=1S/C18H23N3O4/c1-11(2)13-5-7-14(8-6-13)17-19-15(25-20-17)9-10-16(22)21(4)12(3)18(23)24/h5-8,11-12H,9-10H2,1-4H3,(H,23,24). The van der Waals surface area contributed by atoms with Crippen LogP contribution < -0.4 is 0 Å². The van der Waals surface area contributed by atoms with Crippen LogP contribution in [0.25, 0.3) is 11.4 Å². The topological polar surface area (TPSA) is 96.5 Å². The summed E-state index contributed by atoms with van der Waals surface area (Å²) in [6.07, 6.45) is 0.384. The molecule has 7 nitrogen and oxygen atoms in total. The number of carboxylic acid groups (broad SMARTS) is 1. The van der Waals surface area contributed by atoms with Crippen molar-refractivity contribution in [3.05, 3.63) is 35.7 Å². The van der Waals surface area contributed by atoms with Gasteiger partial charge < -0.3 is 14.5 Å². The molecule has 134 valence electrons. The predicted octanol–water partition coefficient (Wildman–Crippen LogP) is 2.72. The molecule has 1 aromatic carbocycles. The maximum Gasteiger partial charge on any atom is 0.326 e. The quantitative estimate of drug-likeness (QED) is 0.829. The Morgan fingerprint density at radius 2 is 1.84 bits per heavy atom. The van der Waals surface area contributed by atoms with Crippen molar-refractivity contribution in [3.63, 3.8) is 0 Å². The summed E-state index contributed by atoms with van der Waals surface area (Å²) in [6, 6.07) is 7.07. The van der Waals surface area contributed by atoms with Crippen LogP contribution in [0.4, 0.5) is 0 Å². The van der Waals surface area contributed by atoms with Crippen molar-refractivity contribution in [2.45, 2.75) is 45.6 Å². The molecule has 0 fully saturated rings. The van der Waals surface area contributed by atoms with Crippen molar-refractivity contribution in [1.82, 2.24) is 15.0 Å². The Morgan fingerprint density at radius 1 is 1.20 bits per heavy atom. The van der Waals surface area contributed by atoms with Crippen LogP contribution in [0.5, 0.6) is 0 Å². The summed E-state index contributed by atoms with van der Waals surface area (Å²) in [5, 5.41) is 12.9. The second-order valence-electron chi connectivity index (χ2n) is 6.31. The molecule has 0 saturated carbocycles. The van der Waals surface area contributed by atoms with Gasteiger partial charge in [0.1, 0.15) is 6.04 Å². The molecule has 0 aliphatic heterocycles. The highest BCUT2D eigenvalue weighted by Gasteiger charge is 2.22. The smallest absolute Gasteiger partial charge is 0.326 e. The van der Waals surface area contributed by atoms with Crippen LogP contribution in [0.3, 0.4) is 0 Å². The summed E-state index contributed by atoms with van der Waals surface area (Å²) >= 11 is 0. The Balaban J connectivity index is 1.97. The number of carbonyl (C=O) groups excluding carboxylic acids is 1. The van der Waals surface area contributed by atoms with Crippen LogP contribution in [0, 0.1) is 0 Å². The van der Waals surface area contributed by atoms with Crippen molar-refractivity contribution >= 4 is 11.9 Å². The predicted molar refractivity (Wildman–Crippen MR) is 92.0 cm³/mol. The van der Waals surface area contributed by atoms with Gasteiger partial charge in [0.05, 0.1) is 0 Å². The van der Waals surface area contributed by atoms with Crippen LogP contribution >= 0.6 is 0 Å². The van der Waals surface area contributed by atoms with Gasteiger partial charge in [-0.2, -0.15) is 4.98 Å². The molecule has 0 bridgehead atoms. The van der Waals surface area contributed by atoms with E-state index in [1.165, 1.54) is 24.4 Å². The van der Waals surface area contributed by atoms with Gasteiger partial charge in [-0.3, -0.25) is 4.79 Å². The third-order valence-electron chi connectivity index (χ3n) is 4.19. The first-order chi connectivity index (χ1) is 11.8. The minimum absolute atomic E-state index is 0.113. The van der Waals surface area contributed by atoms with Crippen molar-refractivity contribution in [1.29, 1.82) is 0 Å². The lowest BCUT2D eigenvalue weighted by Gasteiger charge is -2.20. The van der Waals surface area contributed by atoms with E-state index in [1.54, 1.807) is 0 Å². The number of carboxylic acids is 1. The zero-order valence-electron chi connectivity index (χ0n) is 14.9. The molecule has 0 spiro atoms. The summed E-state index contributed by atoms with van der Waals surface area (Å²) in [7, 11) is 1.47. The second-order valence-corrected chi connectivity index (χ2v) is 6.31. The monoisotopic (exact) mass is 345 g/mol. The Morgan fingerprint density at radius 3 is 2.40 bits per heavy atom. The highest BCUT2D eigenvalue weighted by molar-refractivity contribution is 5.83. The maximum atomic E-state index is 12.0. The van der Waals surface area contributed by atoms with E-state index in [9.17, 15) is 9.59 Å². The van der Waals surface area contributed by atoms with Crippen molar-refractivity contribution in [2.24, 2.45) is 0 Å². The van der Waals surface area contributed by atoms with E-state index in [2.05, 4.69) is 24.0 Å². The number of aryl methyl sites for hydroxylation is 1. The summed E-state index contributed by atoms with van der Waals surface area (Å²) < 4.78 is 5.19. The van der Waals surface area contributed by atoms with E-state index >= 15 is 0 Å². The molecule has 0 saturated heterocycles. The fourth-order valence-corrected chi connectivity index (χ4v) is 2.26. The van der Waals surface area contributed by atoms with Crippen LogP contribution in [0.2, 0.25) is 0 Å². The average Bonchev–Trinajstić information content (AvgIpc) is 3.07. The van der Waals surface area contributed by atoms with Crippen LogP contribution in [0.15, 0.2) is 28.8 Å². The molecule has 0 aliphatic carbocycles. The zero-order chi connectivity index (χ0) is 18.6. The Bertz CT molecular complexity index is 737. The largest absolute Gasteiger partial charge is 0.480 e. The van der Waals surface area contributed by atoms with Gasteiger partial charge in [0, 0.05) is 25.5 Å². The third-order valence-corrected chi connectivity index (χ3v) is 4.19. The molecule has 0 radical (unpaired) electrons. The number of carbonyl (C=O) groups is 2. The molecule has 2 rings (SSSR count).